The first-order valence-electron chi connectivity index (χ1n) is 10.3. The molecule has 1 aromatic heterocycles. The Labute approximate surface area is 166 Å². The van der Waals surface area contributed by atoms with Crippen LogP contribution in [-0.4, -0.2) is 42.0 Å². The normalized spacial score (nSPS) is 17.4. The first-order chi connectivity index (χ1) is 13.8. The van der Waals surface area contributed by atoms with Gasteiger partial charge in [-0.15, -0.1) is 0 Å². The van der Waals surface area contributed by atoms with Crippen molar-refractivity contribution in [3.8, 4) is 0 Å². The molecule has 1 amide bonds. The smallest absolute Gasteiger partial charge is 0.246 e. The Balaban J connectivity index is 1.51. The van der Waals surface area contributed by atoms with Crippen LogP contribution in [0.3, 0.4) is 0 Å². The second-order valence-electron chi connectivity index (χ2n) is 7.74. The molecule has 3 heterocycles. The molecule has 2 aromatic rings. The number of nitrogens with zero attached hydrogens (tertiary/aromatic N) is 3. The van der Waals surface area contributed by atoms with Crippen LogP contribution in [0, 0.1) is 5.92 Å². The predicted octanol–water partition coefficient (Wildman–Crippen LogP) is 3.12. The van der Waals surface area contributed by atoms with Gasteiger partial charge in [-0.3, -0.25) is 14.6 Å². The number of hydrogen-bond donors (Lipinski definition) is 2. The van der Waals surface area contributed by atoms with Gasteiger partial charge in [0.2, 0.25) is 5.91 Å². The monoisotopic (exact) mass is 379 g/mol. The van der Waals surface area contributed by atoms with Crippen molar-refractivity contribution in [2.24, 2.45) is 11.7 Å². The topological polar surface area (TPSA) is 74.5 Å². The van der Waals surface area contributed by atoms with E-state index in [-0.39, 0.29) is 5.91 Å². The van der Waals surface area contributed by atoms with Gasteiger partial charge in [0, 0.05) is 12.7 Å². The summed E-state index contributed by atoms with van der Waals surface area (Å²) in [5.74, 6) is 1.52. The number of fused-ring (bicyclic) bond motifs is 2. The highest BCUT2D eigenvalue weighted by Crippen LogP contribution is 2.36. The van der Waals surface area contributed by atoms with Crippen molar-refractivity contribution < 1.29 is 4.79 Å². The lowest BCUT2D eigenvalue weighted by molar-refractivity contribution is -0.119. The standard InChI is InChI=1S/C22H29N5O/c23-11-3-5-17-9-13-26(14-10-17)16-21(28)27-20-8-2-1-6-18(20)15-25-19-7-4-12-24-22(19)27/h1-2,4,6-8,12,17,25H,3,5,9-11,13-16,23H2. The van der Waals surface area contributed by atoms with Gasteiger partial charge in [-0.1, -0.05) is 18.2 Å². The number of pyridine rings is 1. The summed E-state index contributed by atoms with van der Waals surface area (Å²) in [4.78, 5) is 22.0. The maximum Gasteiger partial charge on any atom is 0.246 e. The van der Waals surface area contributed by atoms with Gasteiger partial charge in [0.05, 0.1) is 17.9 Å². The molecule has 4 rings (SSSR count). The third-order valence-corrected chi connectivity index (χ3v) is 5.83. The van der Waals surface area contributed by atoms with Crippen LogP contribution in [0.5, 0.6) is 0 Å². The molecule has 1 aromatic carbocycles. The fourth-order valence-corrected chi connectivity index (χ4v) is 4.25. The van der Waals surface area contributed by atoms with Crippen LogP contribution in [0.4, 0.5) is 17.2 Å². The van der Waals surface area contributed by atoms with E-state index < -0.39 is 0 Å². The van der Waals surface area contributed by atoms with Gasteiger partial charge in [-0.05, 0) is 75.0 Å². The lowest BCUT2D eigenvalue weighted by Crippen LogP contribution is -2.42. The highest BCUT2D eigenvalue weighted by molar-refractivity contribution is 6.04. The molecule has 6 nitrogen and oxygen atoms in total. The first kappa shape index (κ1) is 18.9. The Hall–Kier alpha value is -2.44. The van der Waals surface area contributed by atoms with E-state index in [4.69, 9.17) is 5.73 Å². The van der Waals surface area contributed by atoms with Crippen LogP contribution in [0.2, 0.25) is 0 Å². The number of anilines is 3. The van der Waals surface area contributed by atoms with Crippen molar-refractivity contribution in [2.45, 2.75) is 32.2 Å². The molecule has 6 heteroatoms. The average molecular weight is 380 g/mol. The summed E-state index contributed by atoms with van der Waals surface area (Å²) in [6.45, 7) is 3.83. The largest absolute Gasteiger partial charge is 0.378 e. The van der Waals surface area contributed by atoms with Crippen LogP contribution in [0.1, 0.15) is 31.2 Å². The molecule has 1 saturated heterocycles. The van der Waals surface area contributed by atoms with Crippen LogP contribution >= 0.6 is 0 Å². The highest BCUT2D eigenvalue weighted by Gasteiger charge is 2.29. The molecule has 2 aliphatic heterocycles. The fourth-order valence-electron chi connectivity index (χ4n) is 4.25. The Bertz CT molecular complexity index is 769. The minimum Gasteiger partial charge on any atom is -0.378 e. The van der Waals surface area contributed by atoms with E-state index in [1.54, 1.807) is 11.1 Å². The number of piperidine rings is 1. The molecule has 0 aliphatic carbocycles. The van der Waals surface area contributed by atoms with Crippen LogP contribution in [0.25, 0.3) is 0 Å². The number of amides is 1. The number of carbonyl (C=O) groups is 1. The van der Waals surface area contributed by atoms with Crippen LogP contribution < -0.4 is 16.0 Å². The summed E-state index contributed by atoms with van der Waals surface area (Å²) in [6.07, 6.45) is 6.36. The Kier molecular flexibility index (Phi) is 5.88. The quantitative estimate of drug-likeness (QED) is 0.835. The summed E-state index contributed by atoms with van der Waals surface area (Å²) in [7, 11) is 0. The van der Waals surface area contributed by atoms with Gasteiger partial charge in [0.1, 0.15) is 0 Å². The number of rotatable bonds is 5. The first-order valence-corrected chi connectivity index (χ1v) is 10.3. The van der Waals surface area contributed by atoms with E-state index in [1.165, 1.54) is 6.42 Å². The van der Waals surface area contributed by atoms with E-state index in [0.717, 1.165) is 61.8 Å². The predicted molar refractivity (Wildman–Crippen MR) is 113 cm³/mol. The molecule has 148 valence electrons. The second-order valence-corrected chi connectivity index (χ2v) is 7.74. The fraction of sp³-hybridized carbons (Fsp3) is 0.455. The van der Waals surface area contributed by atoms with E-state index in [2.05, 4.69) is 21.3 Å². The average Bonchev–Trinajstić information content (AvgIpc) is 2.90. The minimum atomic E-state index is 0.0801. The zero-order valence-corrected chi connectivity index (χ0v) is 16.3. The van der Waals surface area contributed by atoms with Crippen molar-refractivity contribution >= 4 is 23.1 Å². The summed E-state index contributed by atoms with van der Waals surface area (Å²) < 4.78 is 0. The molecular weight excluding hydrogens is 350 g/mol. The number of nitrogens with one attached hydrogen (secondary N) is 1. The number of hydrogen-bond acceptors (Lipinski definition) is 5. The van der Waals surface area contributed by atoms with Crippen molar-refractivity contribution in [1.82, 2.24) is 9.88 Å². The second kappa shape index (κ2) is 8.71. The number of carbonyl (C=O) groups excluding carboxylic acids is 1. The van der Waals surface area contributed by atoms with E-state index in [0.29, 0.717) is 18.9 Å². The third-order valence-electron chi connectivity index (χ3n) is 5.83. The van der Waals surface area contributed by atoms with Crippen molar-refractivity contribution in [2.75, 3.05) is 36.4 Å². The lowest BCUT2D eigenvalue weighted by Gasteiger charge is -2.33. The van der Waals surface area contributed by atoms with Crippen LogP contribution in [-0.2, 0) is 11.3 Å². The maximum absolute atomic E-state index is 13.4. The summed E-state index contributed by atoms with van der Waals surface area (Å²) in [5.41, 5.74) is 8.57. The van der Waals surface area contributed by atoms with Gasteiger partial charge >= 0.3 is 0 Å². The molecule has 0 radical (unpaired) electrons. The minimum absolute atomic E-state index is 0.0801. The number of para-hydroxylation sites is 1. The molecule has 0 bridgehead atoms. The van der Waals surface area contributed by atoms with Gasteiger partial charge in [-0.2, -0.15) is 0 Å². The van der Waals surface area contributed by atoms with Gasteiger partial charge in [-0.25, -0.2) is 4.98 Å². The van der Waals surface area contributed by atoms with Gasteiger partial charge < -0.3 is 11.1 Å². The number of likely N-dealkylation sites (tertiary alicyclic amines) is 1. The van der Waals surface area contributed by atoms with Crippen molar-refractivity contribution in [1.29, 1.82) is 0 Å². The SMILES string of the molecule is NCCCC1CCN(CC(=O)N2c3ccccc3CNc3cccnc32)CC1. The Morgan fingerprint density at radius 1 is 1.18 bits per heavy atom. The third kappa shape index (κ3) is 4.03. The molecule has 2 aliphatic rings. The van der Waals surface area contributed by atoms with E-state index in [1.807, 2.05) is 30.3 Å². The van der Waals surface area contributed by atoms with Crippen LogP contribution in [0.15, 0.2) is 42.6 Å². The van der Waals surface area contributed by atoms with E-state index >= 15 is 0 Å². The molecule has 0 spiro atoms. The highest BCUT2D eigenvalue weighted by atomic mass is 16.2. The Morgan fingerprint density at radius 2 is 2.00 bits per heavy atom. The van der Waals surface area contributed by atoms with Gasteiger partial charge in [0.25, 0.3) is 0 Å². The van der Waals surface area contributed by atoms with Crippen molar-refractivity contribution in [3.63, 3.8) is 0 Å². The van der Waals surface area contributed by atoms with Gasteiger partial charge in [0.15, 0.2) is 5.82 Å². The van der Waals surface area contributed by atoms with E-state index in [9.17, 15) is 4.79 Å². The summed E-state index contributed by atoms with van der Waals surface area (Å²) >= 11 is 0. The number of benzene rings is 1. The summed E-state index contributed by atoms with van der Waals surface area (Å²) in [5, 5.41) is 3.41. The molecular formula is C22H29N5O. The molecule has 0 atom stereocenters. The Morgan fingerprint density at radius 3 is 2.82 bits per heavy atom. The molecule has 28 heavy (non-hydrogen) atoms. The number of nitrogens with two attached hydrogens (primary N) is 1. The molecule has 0 unspecified atom stereocenters. The molecule has 0 saturated carbocycles. The van der Waals surface area contributed by atoms with Crippen molar-refractivity contribution in [3.05, 3.63) is 48.2 Å². The lowest BCUT2D eigenvalue weighted by atomic mass is 9.92. The maximum atomic E-state index is 13.4. The molecule has 1 fully saturated rings. The zero-order valence-electron chi connectivity index (χ0n) is 16.3. The molecule has 3 N–H and O–H groups in total. The number of aromatic nitrogens is 1. The zero-order chi connectivity index (χ0) is 19.3. The summed E-state index contributed by atoms with van der Waals surface area (Å²) in [6, 6.07) is 12.0.